The molecule has 0 unspecified atom stereocenters. The third kappa shape index (κ3) is 7.28. The van der Waals surface area contributed by atoms with Gasteiger partial charge in [0, 0.05) is 16.7 Å². The van der Waals surface area contributed by atoms with Crippen LogP contribution in [0.5, 0.6) is 0 Å². The maximum atomic E-state index is 14.8. The Labute approximate surface area is 194 Å². The number of carbonyl (C=O) groups is 2. The summed E-state index contributed by atoms with van der Waals surface area (Å²) in [7, 11) is 0. The molecule has 0 fully saturated rings. The summed E-state index contributed by atoms with van der Waals surface area (Å²) >= 11 is 0. The van der Waals surface area contributed by atoms with Gasteiger partial charge in [0.2, 0.25) is 0 Å². The lowest BCUT2D eigenvalue weighted by atomic mass is 9.99. The quantitative estimate of drug-likeness (QED) is 0.186. The number of allylic oxidation sites excluding steroid dienone is 4. The van der Waals surface area contributed by atoms with E-state index in [0.717, 1.165) is 5.56 Å². The van der Waals surface area contributed by atoms with Gasteiger partial charge in [-0.25, -0.2) is 14.0 Å². The number of carbonyl (C=O) groups excluding carboxylic acids is 2. The molecule has 2 aromatic rings. The Balaban J connectivity index is 2.10. The van der Waals surface area contributed by atoms with Gasteiger partial charge in [-0.3, -0.25) is 0 Å². The highest BCUT2D eigenvalue weighted by Crippen LogP contribution is 2.27. The second kappa shape index (κ2) is 11.6. The number of rotatable bonds is 9. The number of benzene rings is 2. The van der Waals surface area contributed by atoms with Crippen LogP contribution in [0, 0.1) is 5.82 Å². The summed E-state index contributed by atoms with van der Waals surface area (Å²) in [5.74, 6) is -1.03. The summed E-state index contributed by atoms with van der Waals surface area (Å²) in [6.07, 6.45) is 4.88. The Bertz CT molecular complexity index is 1150. The van der Waals surface area contributed by atoms with Gasteiger partial charge in [-0.1, -0.05) is 62.2 Å². The smallest absolute Gasteiger partial charge is 0.338 e. The summed E-state index contributed by atoms with van der Waals surface area (Å²) < 4.78 is 25.1. The summed E-state index contributed by atoms with van der Waals surface area (Å²) in [6, 6.07) is 11.9. The molecule has 0 bridgehead atoms. The number of ether oxygens (including phenoxy) is 2. The van der Waals surface area contributed by atoms with E-state index in [0.29, 0.717) is 39.2 Å². The molecule has 0 saturated carbocycles. The van der Waals surface area contributed by atoms with Crippen LogP contribution in [-0.2, 0) is 25.7 Å². The third-order valence-electron chi connectivity index (χ3n) is 4.62. The van der Waals surface area contributed by atoms with Gasteiger partial charge >= 0.3 is 11.9 Å². The lowest BCUT2D eigenvalue weighted by molar-refractivity contribution is -0.140. The van der Waals surface area contributed by atoms with E-state index < -0.39 is 17.8 Å². The van der Waals surface area contributed by atoms with Gasteiger partial charge < -0.3 is 9.47 Å². The summed E-state index contributed by atoms with van der Waals surface area (Å²) in [5.41, 5.74) is 3.69. The van der Waals surface area contributed by atoms with E-state index >= 15 is 0 Å². The highest BCUT2D eigenvalue weighted by molar-refractivity contribution is 5.88. The molecule has 5 heteroatoms. The first kappa shape index (κ1) is 25.3. The molecular weight excluding hydrogens is 419 g/mol. The molecule has 170 valence electrons. The van der Waals surface area contributed by atoms with E-state index in [1.165, 1.54) is 6.07 Å². The zero-order valence-corrected chi connectivity index (χ0v) is 19.1. The van der Waals surface area contributed by atoms with E-state index in [9.17, 15) is 14.0 Å². The fraction of sp³-hybridized carbons (Fsp3) is 0.143. The molecule has 33 heavy (non-hydrogen) atoms. The van der Waals surface area contributed by atoms with E-state index in [-0.39, 0.29) is 6.61 Å². The van der Waals surface area contributed by atoms with Gasteiger partial charge in [0.15, 0.2) is 0 Å². The first-order valence-corrected chi connectivity index (χ1v) is 10.2. The molecule has 0 aliphatic carbocycles. The average Bonchev–Trinajstić information content (AvgIpc) is 2.79. The predicted molar refractivity (Wildman–Crippen MR) is 129 cm³/mol. The molecule has 2 rings (SSSR count). The van der Waals surface area contributed by atoms with Gasteiger partial charge in [-0.2, -0.15) is 0 Å². The van der Waals surface area contributed by atoms with Crippen molar-refractivity contribution in [3.8, 4) is 11.1 Å². The van der Waals surface area contributed by atoms with E-state index in [4.69, 9.17) is 9.47 Å². The molecule has 0 radical (unpaired) electrons. The largest absolute Gasteiger partial charge is 0.457 e. The molecule has 0 amide bonds. The van der Waals surface area contributed by atoms with Crippen molar-refractivity contribution in [3.05, 3.63) is 114 Å². The van der Waals surface area contributed by atoms with Crippen molar-refractivity contribution in [2.24, 2.45) is 0 Å². The minimum Gasteiger partial charge on any atom is -0.457 e. The molecule has 0 saturated heterocycles. The van der Waals surface area contributed by atoms with Gasteiger partial charge in [-0.05, 0) is 61.3 Å². The monoisotopic (exact) mass is 446 g/mol. The first-order valence-electron chi connectivity index (χ1n) is 10.2. The van der Waals surface area contributed by atoms with Gasteiger partial charge in [-0.15, -0.1) is 0 Å². The van der Waals surface area contributed by atoms with Crippen molar-refractivity contribution in [3.63, 3.8) is 0 Å². The summed E-state index contributed by atoms with van der Waals surface area (Å²) in [5, 5.41) is 0. The maximum Gasteiger partial charge on any atom is 0.338 e. The van der Waals surface area contributed by atoms with Crippen LogP contribution in [0.15, 0.2) is 97.3 Å². The maximum absolute atomic E-state index is 14.8. The Kier molecular flexibility index (Phi) is 8.87. The van der Waals surface area contributed by atoms with Crippen molar-refractivity contribution in [2.75, 3.05) is 0 Å². The average molecular weight is 447 g/mol. The van der Waals surface area contributed by atoms with Crippen LogP contribution in [0.3, 0.4) is 0 Å². The SMILES string of the molecule is C=C(C)C(=O)OCc1ccc(-c2ccc(C(=C)/C=C\C(=C/C)OC(=O)C(=C)C)cc2F)cc1. The minimum atomic E-state index is -0.520. The molecule has 0 atom stereocenters. The highest BCUT2D eigenvalue weighted by Gasteiger charge is 2.09. The van der Waals surface area contributed by atoms with Crippen molar-refractivity contribution >= 4 is 17.5 Å². The van der Waals surface area contributed by atoms with Crippen LogP contribution in [0.4, 0.5) is 4.39 Å². The highest BCUT2D eigenvalue weighted by atomic mass is 19.1. The Morgan fingerprint density at radius 2 is 1.58 bits per heavy atom. The van der Waals surface area contributed by atoms with E-state index in [1.807, 2.05) is 0 Å². The number of esters is 2. The van der Waals surface area contributed by atoms with E-state index in [1.54, 1.807) is 75.4 Å². The molecule has 0 aliphatic heterocycles. The fourth-order valence-electron chi connectivity index (χ4n) is 2.66. The Morgan fingerprint density at radius 3 is 2.12 bits per heavy atom. The van der Waals surface area contributed by atoms with E-state index in [2.05, 4.69) is 19.7 Å². The molecule has 0 N–H and O–H groups in total. The molecule has 0 heterocycles. The van der Waals surface area contributed by atoms with Crippen LogP contribution in [-0.4, -0.2) is 11.9 Å². The number of hydrogen-bond donors (Lipinski definition) is 0. The lowest BCUT2D eigenvalue weighted by Crippen LogP contribution is -2.04. The standard InChI is InChI=1S/C28H27FO4/c1-7-24(33-28(31)19(4)5)14-8-20(6)23-13-15-25(26(29)16-23)22-11-9-21(10-12-22)17-32-27(30)18(2)3/h7-16H,2,4,6,17H2,1,3,5H3/b14-8-,24-7+. The second-order valence-corrected chi connectivity index (χ2v) is 7.47. The number of halogens is 1. The zero-order chi connectivity index (χ0) is 24.5. The van der Waals surface area contributed by atoms with Crippen molar-refractivity contribution in [1.82, 2.24) is 0 Å². The molecule has 0 aliphatic rings. The van der Waals surface area contributed by atoms with Gasteiger partial charge in [0.05, 0.1) is 0 Å². The number of hydrogen-bond acceptors (Lipinski definition) is 4. The molecule has 4 nitrogen and oxygen atoms in total. The van der Waals surface area contributed by atoms with Gasteiger partial charge in [0.25, 0.3) is 0 Å². The summed E-state index contributed by atoms with van der Waals surface area (Å²) in [4.78, 5) is 23.2. The molecule has 0 aromatic heterocycles. The zero-order valence-electron chi connectivity index (χ0n) is 19.1. The van der Waals surface area contributed by atoms with Crippen molar-refractivity contribution in [2.45, 2.75) is 27.4 Å². The fourth-order valence-corrected chi connectivity index (χ4v) is 2.66. The second-order valence-electron chi connectivity index (χ2n) is 7.47. The third-order valence-corrected chi connectivity index (χ3v) is 4.62. The van der Waals surface area contributed by atoms with Crippen LogP contribution in [0.1, 0.15) is 31.9 Å². The Hall–Kier alpha value is -3.99. The lowest BCUT2D eigenvalue weighted by Gasteiger charge is -2.09. The van der Waals surface area contributed by atoms with Crippen molar-refractivity contribution < 1.29 is 23.5 Å². The van der Waals surface area contributed by atoms with Crippen LogP contribution < -0.4 is 0 Å². The summed E-state index contributed by atoms with van der Waals surface area (Å²) in [6.45, 7) is 16.1. The molecule has 0 spiro atoms. The van der Waals surface area contributed by atoms with Crippen LogP contribution >= 0.6 is 0 Å². The van der Waals surface area contributed by atoms with Crippen LogP contribution in [0.25, 0.3) is 16.7 Å². The first-order chi connectivity index (χ1) is 15.6. The normalized spacial score (nSPS) is 11.2. The van der Waals surface area contributed by atoms with Crippen LogP contribution in [0.2, 0.25) is 0 Å². The minimum absolute atomic E-state index is 0.120. The van der Waals surface area contributed by atoms with Gasteiger partial charge in [0.1, 0.15) is 18.2 Å². The Morgan fingerprint density at radius 1 is 0.939 bits per heavy atom. The predicted octanol–water partition coefficient (Wildman–Crippen LogP) is 6.70. The molecular formula is C28H27FO4. The topological polar surface area (TPSA) is 52.6 Å². The molecule has 2 aromatic carbocycles. The van der Waals surface area contributed by atoms with Crippen molar-refractivity contribution in [1.29, 1.82) is 0 Å².